The molecule has 0 amide bonds. The number of benzene rings is 1. The zero-order valence-corrected chi connectivity index (χ0v) is 13.3. The van der Waals surface area contributed by atoms with Crippen LogP contribution in [-0.4, -0.2) is 34.2 Å². The largest absolute Gasteiger partial charge is 0.299 e. The van der Waals surface area contributed by atoms with Gasteiger partial charge in [-0.1, -0.05) is 18.2 Å². The fourth-order valence-corrected chi connectivity index (χ4v) is 5.32. The van der Waals surface area contributed by atoms with E-state index in [4.69, 9.17) is 0 Å². The molecule has 1 fully saturated rings. The van der Waals surface area contributed by atoms with Crippen LogP contribution in [0.3, 0.4) is 0 Å². The normalized spacial score (nSPS) is 29.6. The Kier molecular flexibility index (Phi) is 2.54. The van der Waals surface area contributed by atoms with Gasteiger partial charge in [-0.2, -0.15) is 0 Å². The molecule has 0 spiro atoms. The molecule has 0 unspecified atom stereocenters. The molecular formula is C19H20N2O2. The summed E-state index contributed by atoms with van der Waals surface area (Å²) in [5, 5.41) is 1.19. The number of rotatable bonds is 1. The second-order valence-corrected chi connectivity index (χ2v) is 7.29. The predicted molar refractivity (Wildman–Crippen MR) is 87.5 cm³/mol. The number of para-hydroxylation sites is 1. The summed E-state index contributed by atoms with van der Waals surface area (Å²) >= 11 is 0. The van der Waals surface area contributed by atoms with Gasteiger partial charge in [0.2, 0.25) is 5.91 Å². The van der Waals surface area contributed by atoms with Crippen LogP contribution in [0, 0.1) is 5.41 Å². The summed E-state index contributed by atoms with van der Waals surface area (Å²) in [6.45, 7) is 3.72. The van der Waals surface area contributed by atoms with E-state index in [0.29, 0.717) is 6.42 Å². The number of aromatic nitrogens is 1. The average Bonchev–Trinajstić information content (AvgIpc) is 2.89. The van der Waals surface area contributed by atoms with E-state index in [2.05, 4.69) is 11.0 Å². The number of hydrogen-bond donors (Lipinski definition) is 0. The average molecular weight is 308 g/mol. The van der Waals surface area contributed by atoms with Crippen molar-refractivity contribution in [3.63, 3.8) is 0 Å². The molecule has 3 aliphatic heterocycles. The van der Waals surface area contributed by atoms with Gasteiger partial charge in [-0.3, -0.25) is 19.1 Å². The SMILES string of the molecule is CC(=O)[C@@]12CCCN3CCc4c(n(c5ccccc45)C(=O)C1)[C@@H]32. The van der Waals surface area contributed by atoms with Crippen molar-refractivity contribution < 1.29 is 9.59 Å². The summed E-state index contributed by atoms with van der Waals surface area (Å²) in [6.07, 6.45) is 3.18. The van der Waals surface area contributed by atoms with Gasteiger partial charge >= 0.3 is 0 Å². The molecule has 1 aromatic heterocycles. The molecule has 4 nitrogen and oxygen atoms in total. The van der Waals surface area contributed by atoms with Crippen LogP contribution in [0.5, 0.6) is 0 Å². The summed E-state index contributed by atoms with van der Waals surface area (Å²) < 4.78 is 1.92. The zero-order valence-electron chi connectivity index (χ0n) is 13.3. The minimum absolute atomic E-state index is 0.0857. The third-order valence-electron chi connectivity index (χ3n) is 6.30. The standard InChI is InChI=1S/C19H20N2O2/c1-12(22)19-8-4-9-20-10-7-14-13-5-2-3-6-15(13)21(16(23)11-19)17(14)18(19)20/h2-3,5-6,18H,4,7-11H2,1H3/t18-,19-/m1/s1. The van der Waals surface area contributed by atoms with Crippen molar-refractivity contribution in [1.82, 2.24) is 9.47 Å². The molecule has 2 aromatic rings. The van der Waals surface area contributed by atoms with E-state index in [9.17, 15) is 9.59 Å². The minimum atomic E-state index is -0.505. The number of piperidine rings is 1. The lowest BCUT2D eigenvalue weighted by molar-refractivity contribution is -0.136. The molecule has 4 heterocycles. The molecule has 1 saturated heterocycles. The maximum atomic E-state index is 13.0. The lowest BCUT2D eigenvalue weighted by Gasteiger charge is -2.53. The first-order valence-corrected chi connectivity index (χ1v) is 8.54. The van der Waals surface area contributed by atoms with Crippen LogP contribution in [0.25, 0.3) is 10.9 Å². The third-order valence-corrected chi connectivity index (χ3v) is 6.30. The molecule has 3 aliphatic rings. The lowest BCUT2D eigenvalue weighted by Crippen LogP contribution is -2.56. The monoisotopic (exact) mass is 308 g/mol. The van der Waals surface area contributed by atoms with Gasteiger partial charge in [0.05, 0.1) is 17.0 Å². The highest BCUT2D eigenvalue weighted by molar-refractivity contribution is 6.01. The van der Waals surface area contributed by atoms with E-state index in [1.54, 1.807) is 6.92 Å². The van der Waals surface area contributed by atoms with E-state index < -0.39 is 5.41 Å². The van der Waals surface area contributed by atoms with Gasteiger partial charge < -0.3 is 0 Å². The van der Waals surface area contributed by atoms with E-state index in [1.807, 2.05) is 22.8 Å². The van der Waals surface area contributed by atoms with Gasteiger partial charge in [0, 0.05) is 24.0 Å². The Bertz CT molecular complexity index is 866. The first-order chi connectivity index (χ1) is 11.1. The molecule has 23 heavy (non-hydrogen) atoms. The molecule has 0 bridgehead atoms. The Hall–Kier alpha value is -1.94. The minimum Gasteiger partial charge on any atom is -0.299 e. The number of nitrogens with zero attached hydrogens (tertiary/aromatic N) is 2. The van der Waals surface area contributed by atoms with Crippen molar-refractivity contribution in [1.29, 1.82) is 0 Å². The summed E-state index contributed by atoms with van der Waals surface area (Å²) in [7, 11) is 0. The van der Waals surface area contributed by atoms with E-state index >= 15 is 0 Å². The fraction of sp³-hybridized carbons (Fsp3) is 0.474. The number of fused-ring (bicyclic) bond motifs is 3. The molecule has 0 aliphatic carbocycles. The first kappa shape index (κ1) is 13.5. The molecule has 1 aromatic carbocycles. The highest BCUT2D eigenvalue weighted by Crippen LogP contribution is 2.55. The van der Waals surface area contributed by atoms with Crippen LogP contribution in [0.1, 0.15) is 48.3 Å². The Morgan fingerprint density at radius 2 is 2.09 bits per heavy atom. The van der Waals surface area contributed by atoms with Crippen molar-refractivity contribution >= 4 is 22.6 Å². The summed E-state index contributed by atoms with van der Waals surface area (Å²) in [6, 6.07) is 8.29. The second kappa shape index (κ2) is 4.32. The quantitative estimate of drug-likeness (QED) is 0.813. The van der Waals surface area contributed by atoms with Gasteiger partial charge in [0.1, 0.15) is 5.78 Å². The van der Waals surface area contributed by atoms with Crippen molar-refractivity contribution in [2.24, 2.45) is 5.41 Å². The van der Waals surface area contributed by atoms with Crippen molar-refractivity contribution in [2.45, 2.75) is 38.6 Å². The topological polar surface area (TPSA) is 42.3 Å². The number of hydrogen-bond acceptors (Lipinski definition) is 3. The van der Waals surface area contributed by atoms with E-state index in [1.165, 1.54) is 10.9 Å². The van der Waals surface area contributed by atoms with Gasteiger partial charge in [0.25, 0.3) is 0 Å². The smallest absolute Gasteiger partial charge is 0.232 e. The predicted octanol–water partition coefficient (Wildman–Crippen LogP) is 2.95. The molecule has 2 atom stereocenters. The molecule has 4 heteroatoms. The van der Waals surface area contributed by atoms with Crippen LogP contribution in [0.2, 0.25) is 0 Å². The Morgan fingerprint density at radius 3 is 2.91 bits per heavy atom. The molecular weight excluding hydrogens is 288 g/mol. The molecule has 0 radical (unpaired) electrons. The van der Waals surface area contributed by atoms with Crippen molar-refractivity contribution in [2.75, 3.05) is 13.1 Å². The van der Waals surface area contributed by atoms with Crippen LogP contribution in [-0.2, 0) is 11.2 Å². The van der Waals surface area contributed by atoms with E-state index in [-0.39, 0.29) is 17.7 Å². The van der Waals surface area contributed by atoms with E-state index in [0.717, 1.165) is 43.6 Å². The zero-order chi connectivity index (χ0) is 15.8. The number of ketones is 1. The number of carbonyl (C=O) groups excluding carboxylic acids is 2. The molecule has 118 valence electrons. The Labute approximate surface area is 135 Å². The summed E-state index contributed by atoms with van der Waals surface area (Å²) in [5.41, 5.74) is 2.92. The Balaban J connectivity index is 1.89. The van der Waals surface area contributed by atoms with Crippen LogP contribution >= 0.6 is 0 Å². The second-order valence-electron chi connectivity index (χ2n) is 7.29. The van der Waals surface area contributed by atoms with Crippen molar-refractivity contribution in [3.05, 3.63) is 35.5 Å². The molecule has 5 rings (SSSR count). The lowest BCUT2D eigenvalue weighted by atomic mass is 9.64. The van der Waals surface area contributed by atoms with Crippen LogP contribution in [0.4, 0.5) is 0 Å². The van der Waals surface area contributed by atoms with Gasteiger partial charge in [-0.15, -0.1) is 0 Å². The number of Topliss-reactive ketones (excluding diaryl/α,β-unsaturated/α-hetero) is 1. The fourth-order valence-electron chi connectivity index (χ4n) is 5.32. The van der Waals surface area contributed by atoms with Gasteiger partial charge in [-0.05, 0) is 44.4 Å². The molecule has 0 saturated carbocycles. The van der Waals surface area contributed by atoms with Crippen LogP contribution in [0.15, 0.2) is 24.3 Å². The highest BCUT2D eigenvalue weighted by Gasteiger charge is 2.56. The summed E-state index contributed by atoms with van der Waals surface area (Å²) in [5.74, 6) is 0.280. The number of carbonyl (C=O) groups is 2. The third kappa shape index (κ3) is 1.50. The van der Waals surface area contributed by atoms with Crippen molar-refractivity contribution in [3.8, 4) is 0 Å². The molecule has 0 N–H and O–H groups in total. The maximum Gasteiger partial charge on any atom is 0.232 e. The maximum absolute atomic E-state index is 13.0. The Morgan fingerprint density at radius 1 is 1.26 bits per heavy atom. The summed E-state index contributed by atoms with van der Waals surface area (Å²) in [4.78, 5) is 28.1. The first-order valence-electron chi connectivity index (χ1n) is 8.54. The van der Waals surface area contributed by atoms with Crippen LogP contribution < -0.4 is 0 Å². The highest BCUT2D eigenvalue weighted by atomic mass is 16.2. The van der Waals surface area contributed by atoms with Gasteiger partial charge in [0.15, 0.2) is 0 Å². The van der Waals surface area contributed by atoms with Gasteiger partial charge in [-0.25, -0.2) is 0 Å².